The Balaban J connectivity index is 1.27. The minimum Gasteiger partial charge on any atom is -0.364 e. The number of para-hydroxylation sites is 1. The van der Waals surface area contributed by atoms with Gasteiger partial charge >= 0.3 is 0 Å². The lowest BCUT2D eigenvalue weighted by atomic mass is 10.2. The Morgan fingerprint density at radius 3 is 2.79 bits per heavy atom. The number of hydrogen-bond donors (Lipinski definition) is 1. The second kappa shape index (κ2) is 9.60. The number of aryl methyl sites for hydroxylation is 1. The molecular formula is C22H30N6O. The van der Waals surface area contributed by atoms with Crippen molar-refractivity contribution in [3.05, 3.63) is 54.6 Å². The maximum absolute atomic E-state index is 4.93. The van der Waals surface area contributed by atoms with Crippen molar-refractivity contribution in [3.8, 4) is 0 Å². The summed E-state index contributed by atoms with van der Waals surface area (Å²) in [6.45, 7) is 9.65. The van der Waals surface area contributed by atoms with E-state index in [0.717, 1.165) is 70.4 Å². The summed E-state index contributed by atoms with van der Waals surface area (Å²) in [6, 6.07) is 12.7. The van der Waals surface area contributed by atoms with Crippen LogP contribution in [0.4, 0.5) is 0 Å². The fourth-order valence-electron chi connectivity index (χ4n) is 3.85. The SMILES string of the molecule is CCNC(=NCCCn1ccc2ccccc21)N1CCN(Cc2ccon2)CC1. The lowest BCUT2D eigenvalue weighted by Crippen LogP contribution is -2.52. The molecule has 0 bridgehead atoms. The van der Waals surface area contributed by atoms with Gasteiger partial charge in [-0.1, -0.05) is 23.4 Å². The lowest BCUT2D eigenvalue weighted by molar-refractivity contribution is 0.169. The summed E-state index contributed by atoms with van der Waals surface area (Å²) < 4.78 is 7.25. The molecule has 154 valence electrons. The average molecular weight is 395 g/mol. The van der Waals surface area contributed by atoms with Crippen molar-refractivity contribution in [2.24, 2.45) is 4.99 Å². The summed E-state index contributed by atoms with van der Waals surface area (Å²) in [4.78, 5) is 9.67. The van der Waals surface area contributed by atoms with E-state index in [9.17, 15) is 0 Å². The van der Waals surface area contributed by atoms with Crippen molar-refractivity contribution in [2.45, 2.75) is 26.4 Å². The Kier molecular flexibility index (Phi) is 6.46. The molecule has 0 spiro atoms. The summed E-state index contributed by atoms with van der Waals surface area (Å²) in [6.07, 6.45) is 4.84. The Morgan fingerprint density at radius 2 is 2.00 bits per heavy atom. The van der Waals surface area contributed by atoms with E-state index in [2.05, 4.69) is 68.3 Å². The molecule has 1 fully saturated rings. The second-order valence-corrected chi connectivity index (χ2v) is 7.41. The van der Waals surface area contributed by atoms with Gasteiger partial charge in [-0.3, -0.25) is 9.89 Å². The number of nitrogens with zero attached hydrogens (tertiary/aromatic N) is 5. The van der Waals surface area contributed by atoms with Crippen molar-refractivity contribution >= 4 is 16.9 Å². The van der Waals surface area contributed by atoms with Gasteiger partial charge in [0, 0.05) is 70.1 Å². The molecule has 3 aromatic rings. The van der Waals surface area contributed by atoms with Gasteiger partial charge in [0.25, 0.3) is 0 Å². The molecule has 2 aromatic heterocycles. The van der Waals surface area contributed by atoms with Crippen molar-refractivity contribution in [2.75, 3.05) is 39.3 Å². The van der Waals surface area contributed by atoms with E-state index in [1.165, 1.54) is 10.9 Å². The summed E-state index contributed by atoms with van der Waals surface area (Å²) in [5, 5.41) is 8.77. The molecule has 0 aliphatic carbocycles. The van der Waals surface area contributed by atoms with E-state index in [4.69, 9.17) is 9.52 Å². The van der Waals surface area contributed by atoms with Gasteiger partial charge in [-0.25, -0.2) is 0 Å². The number of hydrogen-bond acceptors (Lipinski definition) is 4. The molecular weight excluding hydrogens is 364 g/mol. The van der Waals surface area contributed by atoms with Crippen LogP contribution in [-0.2, 0) is 13.1 Å². The molecule has 3 heterocycles. The molecule has 1 aliphatic heterocycles. The van der Waals surface area contributed by atoms with Crippen molar-refractivity contribution in [1.82, 2.24) is 24.8 Å². The van der Waals surface area contributed by atoms with E-state index in [1.807, 2.05) is 6.07 Å². The van der Waals surface area contributed by atoms with Gasteiger partial charge in [0.2, 0.25) is 0 Å². The largest absolute Gasteiger partial charge is 0.364 e. The minimum absolute atomic E-state index is 0.827. The highest BCUT2D eigenvalue weighted by Crippen LogP contribution is 2.15. The first-order valence-electron chi connectivity index (χ1n) is 10.5. The summed E-state index contributed by atoms with van der Waals surface area (Å²) in [5.41, 5.74) is 2.29. The normalized spacial score (nSPS) is 15.9. The molecule has 0 radical (unpaired) electrons. The van der Waals surface area contributed by atoms with Crippen molar-refractivity contribution in [1.29, 1.82) is 0 Å². The third-order valence-electron chi connectivity index (χ3n) is 5.38. The van der Waals surface area contributed by atoms with Gasteiger partial charge in [-0.2, -0.15) is 0 Å². The van der Waals surface area contributed by atoms with Gasteiger partial charge in [0.05, 0.1) is 5.69 Å². The Morgan fingerprint density at radius 1 is 1.14 bits per heavy atom. The zero-order valence-electron chi connectivity index (χ0n) is 17.1. The second-order valence-electron chi connectivity index (χ2n) is 7.41. The highest BCUT2D eigenvalue weighted by molar-refractivity contribution is 5.80. The predicted molar refractivity (Wildman–Crippen MR) is 116 cm³/mol. The lowest BCUT2D eigenvalue weighted by Gasteiger charge is -2.36. The van der Waals surface area contributed by atoms with Gasteiger partial charge in [0.15, 0.2) is 5.96 Å². The molecule has 0 amide bonds. The van der Waals surface area contributed by atoms with Crippen molar-refractivity contribution < 1.29 is 4.52 Å². The molecule has 0 atom stereocenters. The third kappa shape index (κ3) is 4.98. The zero-order chi connectivity index (χ0) is 19.9. The number of guanidine groups is 1. The molecule has 7 heteroatoms. The molecule has 1 aromatic carbocycles. The predicted octanol–water partition coefficient (Wildman–Crippen LogP) is 2.80. The summed E-state index contributed by atoms with van der Waals surface area (Å²) >= 11 is 0. The number of fused-ring (bicyclic) bond motifs is 1. The minimum atomic E-state index is 0.827. The smallest absolute Gasteiger partial charge is 0.194 e. The standard InChI is InChI=1S/C22H30N6O/c1-2-23-22(28-15-13-26(14-16-28)18-20-9-17-29-25-20)24-10-5-11-27-12-8-19-6-3-4-7-21(19)27/h3-4,6-9,12,17H,2,5,10-11,13-16,18H2,1H3,(H,23,24). The quantitative estimate of drug-likeness (QED) is 0.379. The van der Waals surface area contributed by atoms with E-state index in [1.54, 1.807) is 6.26 Å². The van der Waals surface area contributed by atoms with E-state index >= 15 is 0 Å². The number of benzene rings is 1. The van der Waals surface area contributed by atoms with Gasteiger partial charge in [-0.15, -0.1) is 0 Å². The van der Waals surface area contributed by atoms with Crippen LogP contribution >= 0.6 is 0 Å². The van der Waals surface area contributed by atoms with Crippen LogP contribution in [0.1, 0.15) is 19.0 Å². The van der Waals surface area contributed by atoms with Crippen LogP contribution in [0, 0.1) is 0 Å². The number of aliphatic imine (C=N–C) groups is 1. The van der Waals surface area contributed by atoms with Gasteiger partial charge < -0.3 is 19.3 Å². The highest BCUT2D eigenvalue weighted by atomic mass is 16.5. The molecule has 1 aliphatic rings. The molecule has 1 saturated heterocycles. The molecule has 7 nitrogen and oxygen atoms in total. The van der Waals surface area contributed by atoms with Crippen LogP contribution in [0.5, 0.6) is 0 Å². The fraction of sp³-hybridized carbons (Fsp3) is 0.455. The van der Waals surface area contributed by atoms with Gasteiger partial charge in [0.1, 0.15) is 6.26 Å². The van der Waals surface area contributed by atoms with Crippen LogP contribution in [-0.4, -0.2) is 64.8 Å². The maximum Gasteiger partial charge on any atom is 0.194 e. The highest BCUT2D eigenvalue weighted by Gasteiger charge is 2.20. The first kappa shape index (κ1) is 19.5. The van der Waals surface area contributed by atoms with Crippen LogP contribution < -0.4 is 5.32 Å². The number of nitrogens with one attached hydrogen (secondary N) is 1. The van der Waals surface area contributed by atoms with Crippen LogP contribution in [0.15, 0.2) is 58.4 Å². The maximum atomic E-state index is 4.93. The Labute approximate surface area is 172 Å². The zero-order valence-corrected chi connectivity index (χ0v) is 17.1. The Hall–Kier alpha value is -2.80. The molecule has 29 heavy (non-hydrogen) atoms. The third-order valence-corrected chi connectivity index (χ3v) is 5.38. The topological polar surface area (TPSA) is 61.8 Å². The van der Waals surface area contributed by atoms with Crippen LogP contribution in [0.25, 0.3) is 10.9 Å². The van der Waals surface area contributed by atoms with E-state index in [0.29, 0.717) is 0 Å². The first-order chi connectivity index (χ1) is 14.3. The Bertz CT molecular complexity index is 908. The summed E-state index contributed by atoms with van der Waals surface area (Å²) in [7, 11) is 0. The molecule has 4 rings (SSSR count). The number of rotatable bonds is 7. The molecule has 0 saturated carbocycles. The van der Waals surface area contributed by atoms with Crippen LogP contribution in [0.3, 0.4) is 0 Å². The van der Waals surface area contributed by atoms with Gasteiger partial charge in [-0.05, 0) is 30.9 Å². The van der Waals surface area contributed by atoms with Crippen molar-refractivity contribution in [3.63, 3.8) is 0 Å². The van der Waals surface area contributed by atoms with E-state index in [-0.39, 0.29) is 0 Å². The first-order valence-corrected chi connectivity index (χ1v) is 10.5. The number of piperazine rings is 1. The molecule has 0 unspecified atom stereocenters. The monoisotopic (exact) mass is 394 g/mol. The summed E-state index contributed by atoms with van der Waals surface area (Å²) in [5.74, 6) is 1.03. The van der Waals surface area contributed by atoms with E-state index < -0.39 is 0 Å². The number of aromatic nitrogens is 2. The fourth-order valence-corrected chi connectivity index (χ4v) is 3.85. The molecule has 1 N–H and O–H groups in total. The average Bonchev–Trinajstić information content (AvgIpc) is 3.41. The van der Waals surface area contributed by atoms with Crippen LogP contribution in [0.2, 0.25) is 0 Å².